The van der Waals surface area contributed by atoms with Crippen LogP contribution in [0.5, 0.6) is 0 Å². The van der Waals surface area contributed by atoms with Crippen LogP contribution in [-0.4, -0.2) is 16.5 Å². The van der Waals surface area contributed by atoms with Crippen LogP contribution in [0.4, 0.5) is 5.95 Å². The number of hydrogen-bond acceptors (Lipinski definition) is 4. The summed E-state index contributed by atoms with van der Waals surface area (Å²) in [7, 11) is 0. The average molecular weight is 290 g/mol. The minimum Gasteiger partial charge on any atom is -0.354 e. The van der Waals surface area contributed by atoms with Gasteiger partial charge >= 0.3 is 0 Å². The fraction of sp³-hybridized carbons (Fsp3) is 0.143. The maximum atomic E-state index is 6.31. The normalized spacial score (nSPS) is 10.8. The highest BCUT2D eigenvalue weighted by atomic mass is 35.5. The third kappa shape index (κ3) is 2.29. The van der Waals surface area contributed by atoms with Crippen molar-refractivity contribution in [3.05, 3.63) is 40.9 Å². The topological polar surface area (TPSA) is 37.8 Å². The lowest BCUT2D eigenvalue weighted by Crippen LogP contribution is -2.01. The van der Waals surface area contributed by atoms with Crippen LogP contribution in [0.15, 0.2) is 35.7 Å². The lowest BCUT2D eigenvalue weighted by Gasteiger charge is -2.04. The van der Waals surface area contributed by atoms with Crippen molar-refractivity contribution in [1.29, 1.82) is 0 Å². The Morgan fingerprint density at radius 1 is 1.21 bits per heavy atom. The molecule has 0 amide bonds. The average Bonchev–Trinajstić information content (AvgIpc) is 2.84. The van der Waals surface area contributed by atoms with Crippen molar-refractivity contribution in [3.8, 4) is 11.1 Å². The zero-order valence-electron chi connectivity index (χ0n) is 10.4. The molecular formula is C14H12ClN3S. The van der Waals surface area contributed by atoms with E-state index in [0.717, 1.165) is 27.9 Å². The van der Waals surface area contributed by atoms with E-state index in [2.05, 4.69) is 32.8 Å². The summed E-state index contributed by atoms with van der Waals surface area (Å²) in [6, 6.07) is 10.2. The van der Waals surface area contributed by atoms with Crippen LogP contribution in [0.2, 0.25) is 5.15 Å². The summed E-state index contributed by atoms with van der Waals surface area (Å²) in [4.78, 5) is 9.69. The molecular weight excluding hydrogens is 278 g/mol. The Bertz CT molecular complexity index is 709. The molecule has 3 aromatic rings. The first-order valence-corrected chi connectivity index (χ1v) is 7.29. The van der Waals surface area contributed by atoms with Gasteiger partial charge in [-0.1, -0.05) is 41.9 Å². The van der Waals surface area contributed by atoms with Gasteiger partial charge in [-0.15, -0.1) is 11.3 Å². The van der Waals surface area contributed by atoms with Gasteiger partial charge in [0.1, 0.15) is 9.98 Å². The Labute approximate surface area is 120 Å². The van der Waals surface area contributed by atoms with Crippen molar-refractivity contribution in [3.63, 3.8) is 0 Å². The zero-order valence-corrected chi connectivity index (χ0v) is 11.9. The van der Waals surface area contributed by atoms with E-state index in [1.54, 1.807) is 11.3 Å². The first-order valence-electron chi connectivity index (χ1n) is 6.03. The Morgan fingerprint density at radius 2 is 2.00 bits per heavy atom. The molecule has 0 bridgehead atoms. The molecule has 0 atom stereocenters. The monoisotopic (exact) mass is 289 g/mol. The molecule has 0 saturated heterocycles. The molecule has 3 rings (SSSR count). The largest absolute Gasteiger partial charge is 0.354 e. The second kappa shape index (κ2) is 5.15. The number of nitrogens with zero attached hydrogens (tertiary/aromatic N) is 2. The number of fused-ring (bicyclic) bond motifs is 1. The SMILES string of the molecule is CCNc1nc(Cl)c2c(-c3ccccc3)csc2n1. The number of aromatic nitrogens is 2. The molecule has 1 N–H and O–H groups in total. The molecule has 0 aliphatic heterocycles. The van der Waals surface area contributed by atoms with Gasteiger partial charge in [-0.25, -0.2) is 9.97 Å². The zero-order chi connectivity index (χ0) is 13.2. The highest BCUT2D eigenvalue weighted by Gasteiger charge is 2.13. The molecule has 0 spiro atoms. The van der Waals surface area contributed by atoms with Crippen molar-refractivity contribution in [2.24, 2.45) is 0 Å². The first-order chi connectivity index (χ1) is 9.29. The maximum absolute atomic E-state index is 6.31. The number of halogens is 1. The number of hydrogen-bond donors (Lipinski definition) is 1. The highest BCUT2D eigenvalue weighted by Crippen LogP contribution is 2.36. The molecule has 0 aliphatic rings. The fourth-order valence-corrected chi connectivity index (χ4v) is 3.24. The Balaban J connectivity index is 2.19. The van der Waals surface area contributed by atoms with E-state index in [9.17, 15) is 0 Å². The summed E-state index contributed by atoms with van der Waals surface area (Å²) in [5.74, 6) is 0.585. The fourth-order valence-electron chi connectivity index (χ4n) is 1.97. The van der Waals surface area contributed by atoms with Crippen LogP contribution in [0.25, 0.3) is 21.3 Å². The second-order valence-electron chi connectivity index (χ2n) is 4.06. The van der Waals surface area contributed by atoms with Gasteiger partial charge in [0.25, 0.3) is 0 Å². The van der Waals surface area contributed by atoms with Crippen LogP contribution in [0.1, 0.15) is 6.92 Å². The van der Waals surface area contributed by atoms with Crippen LogP contribution >= 0.6 is 22.9 Å². The van der Waals surface area contributed by atoms with Gasteiger partial charge in [-0.3, -0.25) is 0 Å². The smallest absolute Gasteiger partial charge is 0.225 e. The third-order valence-corrected chi connectivity index (χ3v) is 3.95. The van der Waals surface area contributed by atoms with E-state index >= 15 is 0 Å². The van der Waals surface area contributed by atoms with E-state index in [1.165, 1.54) is 0 Å². The maximum Gasteiger partial charge on any atom is 0.225 e. The Hall–Kier alpha value is -1.65. The van der Waals surface area contributed by atoms with Gasteiger partial charge in [-0.2, -0.15) is 0 Å². The quantitative estimate of drug-likeness (QED) is 0.724. The molecule has 19 heavy (non-hydrogen) atoms. The van der Waals surface area contributed by atoms with E-state index in [-0.39, 0.29) is 0 Å². The summed E-state index contributed by atoms with van der Waals surface area (Å²) in [5, 5.41) is 6.60. The van der Waals surface area contributed by atoms with Crippen molar-refractivity contribution < 1.29 is 0 Å². The van der Waals surface area contributed by atoms with Crippen LogP contribution in [0.3, 0.4) is 0 Å². The summed E-state index contributed by atoms with van der Waals surface area (Å²) >= 11 is 7.90. The summed E-state index contributed by atoms with van der Waals surface area (Å²) in [6.45, 7) is 2.78. The van der Waals surface area contributed by atoms with E-state index < -0.39 is 0 Å². The molecule has 0 aliphatic carbocycles. The minimum atomic E-state index is 0.501. The van der Waals surface area contributed by atoms with Gasteiger partial charge in [0.05, 0.1) is 5.39 Å². The minimum absolute atomic E-state index is 0.501. The molecule has 2 aromatic heterocycles. The van der Waals surface area contributed by atoms with E-state index in [0.29, 0.717) is 11.1 Å². The second-order valence-corrected chi connectivity index (χ2v) is 5.28. The van der Waals surface area contributed by atoms with Crippen LogP contribution in [0, 0.1) is 0 Å². The third-order valence-electron chi connectivity index (χ3n) is 2.81. The number of anilines is 1. The molecule has 96 valence electrons. The van der Waals surface area contributed by atoms with Crippen molar-refractivity contribution in [1.82, 2.24) is 9.97 Å². The summed E-state index contributed by atoms with van der Waals surface area (Å²) < 4.78 is 0. The molecule has 0 radical (unpaired) electrons. The molecule has 2 heterocycles. The standard InChI is InChI=1S/C14H12ClN3S/c1-2-16-14-17-12(15)11-10(8-19-13(11)18-14)9-6-4-3-5-7-9/h3-8H,2H2,1H3,(H,16,17,18). The predicted molar refractivity (Wildman–Crippen MR) is 82.0 cm³/mol. The van der Waals surface area contributed by atoms with Gasteiger partial charge in [0.15, 0.2) is 0 Å². The van der Waals surface area contributed by atoms with Crippen molar-refractivity contribution >= 4 is 39.1 Å². The van der Waals surface area contributed by atoms with Crippen molar-refractivity contribution in [2.45, 2.75) is 6.92 Å². The number of benzene rings is 1. The number of rotatable bonds is 3. The van der Waals surface area contributed by atoms with Gasteiger partial charge < -0.3 is 5.32 Å². The van der Waals surface area contributed by atoms with Gasteiger partial charge in [0.2, 0.25) is 5.95 Å². The van der Waals surface area contributed by atoms with Crippen LogP contribution < -0.4 is 5.32 Å². The number of nitrogens with one attached hydrogen (secondary N) is 1. The molecule has 1 aromatic carbocycles. The predicted octanol–water partition coefficient (Wildman–Crippen LogP) is 4.44. The lowest BCUT2D eigenvalue weighted by atomic mass is 10.1. The van der Waals surface area contributed by atoms with E-state index in [4.69, 9.17) is 11.6 Å². The van der Waals surface area contributed by atoms with E-state index in [1.807, 2.05) is 25.1 Å². The Kier molecular flexibility index (Phi) is 3.36. The number of thiophene rings is 1. The van der Waals surface area contributed by atoms with Gasteiger partial charge in [-0.05, 0) is 12.5 Å². The molecule has 3 nitrogen and oxygen atoms in total. The van der Waals surface area contributed by atoms with Crippen LogP contribution in [-0.2, 0) is 0 Å². The lowest BCUT2D eigenvalue weighted by molar-refractivity contribution is 1.11. The Morgan fingerprint density at radius 3 is 2.74 bits per heavy atom. The summed E-state index contributed by atoms with van der Waals surface area (Å²) in [5.41, 5.74) is 2.23. The van der Waals surface area contributed by atoms with Gasteiger partial charge in [0, 0.05) is 17.5 Å². The first kappa shape index (κ1) is 12.4. The van der Waals surface area contributed by atoms with Crippen molar-refractivity contribution in [2.75, 3.05) is 11.9 Å². The molecule has 0 fully saturated rings. The highest BCUT2D eigenvalue weighted by molar-refractivity contribution is 7.17. The summed E-state index contributed by atoms with van der Waals surface area (Å²) in [6.07, 6.45) is 0. The molecule has 0 saturated carbocycles. The molecule has 5 heteroatoms. The molecule has 0 unspecified atom stereocenters.